The fourth-order valence-electron chi connectivity index (χ4n) is 2.72. The van der Waals surface area contributed by atoms with E-state index in [1.165, 1.54) is 38.5 Å². The van der Waals surface area contributed by atoms with Crippen molar-refractivity contribution in [2.24, 2.45) is 5.92 Å². The summed E-state index contributed by atoms with van der Waals surface area (Å²) in [5.41, 5.74) is 6.36. The molecule has 3 aromatic rings. The molecule has 1 heteroatoms. The van der Waals surface area contributed by atoms with Gasteiger partial charge < -0.3 is 4.98 Å². The van der Waals surface area contributed by atoms with Crippen LogP contribution in [0.25, 0.3) is 27.9 Å². The molecule has 0 atom stereocenters. The maximum atomic E-state index is 3.57. The minimum atomic E-state index is 0.567. The smallest absolute Gasteiger partial charge is 0.0538 e. The Morgan fingerprint density at radius 2 is 1.70 bits per heavy atom. The predicted molar refractivity (Wildman–Crippen MR) is 89.2 cm³/mol. The highest BCUT2D eigenvalue weighted by molar-refractivity contribution is 6.10. The zero-order valence-corrected chi connectivity index (χ0v) is 12.6. The average Bonchev–Trinajstić information content (AvgIpc) is 2.74. The molecule has 0 radical (unpaired) electrons. The second kappa shape index (κ2) is 4.82. The number of fused-ring (bicyclic) bond motifs is 3. The molecule has 0 spiro atoms. The Labute approximate surface area is 120 Å². The van der Waals surface area contributed by atoms with Crippen molar-refractivity contribution < 1.29 is 0 Å². The van der Waals surface area contributed by atoms with Crippen LogP contribution in [0.2, 0.25) is 0 Å². The number of aryl methyl sites for hydroxylation is 2. The summed E-state index contributed by atoms with van der Waals surface area (Å²) in [5.74, 6) is 0.567. The van der Waals surface area contributed by atoms with E-state index >= 15 is 0 Å². The van der Waals surface area contributed by atoms with Crippen molar-refractivity contribution in [1.82, 2.24) is 4.98 Å². The van der Waals surface area contributed by atoms with Gasteiger partial charge in [0, 0.05) is 16.3 Å². The molecule has 1 aromatic heterocycles. The van der Waals surface area contributed by atoms with Crippen molar-refractivity contribution >= 4 is 27.9 Å². The Morgan fingerprint density at radius 1 is 0.950 bits per heavy atom. The third kappa shape index (κ3) is 2.24. The summed E-state index contributed by atoms with van der Waals surface area (Å²) in [6.45, 7) is 8.73. The van der Waals surface area contributed by atoms with Gasteiger partial charge in [0.05, 0.1) is 5.52 Å². The first kappa shape index (κ1) is 13.0. The molecule has 1 N–H and O–H groups in total. The van der Waals surface area contributed by atoms with Crippen LogP contribution >= 0.6 is 0 Å². The Morgan fingerprint density at radius 3 is 2.45 bits per heavy atom. The fourth-order valence-corrected chi connectivity index (χ4v) is 2.72. The van der Waals surface area contributed by atoms with E-state index in [4.69, 9.17) is 0 Å². The zero-order valence-electron chi connectivity index (χ0n) is 12.6. The van der Waals surface area contributed by atoms with Gasteiger partial charge in [-0.3, -0.25) is 0 Å². The van der Waals surface area contributed by atoms with Gasteiger partial charge in [0.25, 0.3) is 0 Å². The molecule has 3 rings (SSSR count). The van der Waals surface area contributed by atoms with Crippen molar-refractivity contribution in [2.75, 3.05) is 0 Å². The van der Waals surface area contributed by atoms with Crippen LogP contribution in [0, 0.1) is 19.8 Å². The molecule has 0 amide bonds. The fraction of sp³-hybridized carbons (Fsp3) is 0.263. The first-order chi connectivity index (χ1) is 9.54. The van der Waals surface area contributed by atoms with Gasteiger partial charge in [-0.05, 0) is 55.2 Å². The summed E-state index contributed by atoms with van der Waals surface area (Å²) in [6.07, 6.45) is 4.49. The minimum Gasteiger partial charge on any atom is -0.354 e. The second-order valence-corrected chi connectivity index (χ2v) is 6.05. The lowest BCUT2D eigenvalue weighted by molar-refractivity contribution is 0.836. The Kier molecular flexibility index (Phi) is 3.13. The average molecular weight is 263 g/mol. The van der Waals surface area contributed by atoms with Gasteiger partial charge in [-0.25, -0.2) is 0 Å². The summed E-state index contributed by atoms with van der Waals surface area (Å²) < 4.78 is 0. The third-order valence-corrected chi connectivity index (χ3v) is 3.70. The van der Waals surface area contributed by atoms with Crippen LogP contribution in [-0.4, -0.2) is 4.98 Å². The predicted octanol–water partition coefficient (Wildman–Crippen LogP) is 5.61. The van der Waals surface area contributed by atoms with Crippen LogP contribution < -0.4 is 0 Å². The summed E-state index contributed by atoms with van der Waals surface area (Å²) in [7, 11) is 0. The first-order valence-electron chi connectivity index (χ1n) is 7.25. The molecular formula is C19H21N. The van der Waals surface area contributed by atoms with E-state index in [1.807, 2.05) is 0 Å². The van der Waals surface area contributed by atoms with Gasteiger partial charge in [0.15, 0.2) is 0 Å². The first-order valence-corrected chi connectivity index (χ1v) is 7.25. The van der Waals surface area contributed by atoms with Gasteiger partial charge in [-0.15, -0.1) is 0 Å². The van der Waals surface area contributed by atoms with Crippen LogP contribution in [0.3, 0.4) is 0 Å². The van der Waals surface area contributed by atoms with E-state index in [2.05, 4.69) is 75.2 Å². The minimum absolute atomic E-state index is 0.567. The standard InChI is InChI=1S/C19H21N/c1-12(2)5-7-15-9-14(4)11-17-16-10-13(3)6-8-18(16)20-19(15)17/h5-12,20H,1-4H3. The summed E-state index contributed by atoms with van der Waals surface area (Å²) >= 11 is 0. The van der Waals surface area contributed by atoms with Crippen molar-refractivity contribution in [3.05, 3.63) is 53.1 Å². The molecular weight excluding hydrogens is 242 g/mol. The molecule has 0 bridgehead atoms. The summed E-state index contributed by atoms with van der Waals surface area (Å²) in [4.78, 5) is 3.57. The molecule has 1 heterocycles. The van der Waals surface area contributed by atoms with Gasteiger partial charge in [0.2, 0.25) is 0 Å². The highest BCUT2D eigenvalue weighted by Gasteiger charge is 2.08. The van der Waals surface area contributed by atoms with Crippen LogP contribution in [0.5, 0.6) is 0 Å². The largest absolute Gasteiger partial charge is 0.354 e. The van der Waals surface area contributed by atoms with Gasteiger partial charge in [0.1, 0.15) is 0 Å². The Hall–Kier alpha value is -2.02. The number of rotatable bonds is 2. The number of H-pyrrole nitrogens is 1. The van der Waals surface area contributed by atoms with E-state index in [1.54, 1.807) is 0 Å². The number of hydrogen-bond acceptors (Lipinski definition) is 0. The van der Waals surface area contributed by atoms with Crippen molar-refractivity contribution in [2.45, 2.75) is 27.7 Å². The molecule has 0 aliphatic carbocycles. The van der Waals surface area contributed by atoms with Gasteiger partial charge in [-0.2, -0.15) is 0 Å². The highest BCUT2D eigenvalue weighted by atomic mass is 14.7. The van der Waals surface area contributed by atoms with Crippen molar-refractivity contribution in [3.8, 4) is 0 Å². The molecule has 0 aliphatic rings. The number of benzene rings is 2. The SMILES string of the molecule is Cc1ccc2[nH]c3c(C=CC(C)C)cc(C)cc3c2c1. The maximum absolute atomic E-state index is 3.57. The monoisotopic (exact) mass is 263 g/mol. The number of allylic oxidation sites excluding steroid dienone is 1. The third-order valence-electron chi connectivity index (χ3n) is 3.70. The Bertz CT molecular complexity index is 803. The maximum Gasteiger partial charge on any atom is 0.0538 e. The van der Waals surface area contributed by atoms with E-state index in [0.717, 1.165) is 0 Å². The lowest BCUT2D eigenvalue weighted by atomic mass is 10.0. The molecule has 2 aromatic carbocycles. The van der Waals surface area contributed by atoms with E-state index in [-0.39, 0.29) is 0 Å². The molecule has 0 saturated carbocycles. The quantitative estimate of drug-likeness (QED) is 0.618. The van der Waals surface area contributed by atoms with Crippen molar-refractivity contribution in [3.63, 3.8) is 0 Å². The normalized spacial score (nSPS) is 12.2. The zero-order chi connectivity index (χ0) is 14.3. The number of aromatic amines is 1. The second-order valence-electron chi connectivity index (χ2n) is 6.05. The lowest BCUT2D eigenvalue weighted by Gasteiger charge is -2.02. The van der Waals surface area contributed by atoms with Gasteiger partial charge >= 0.3 is 0 Å². The lowest BCUT2D eigenvalue weighted by Crippen LogP contribution is -1.82. The molecule has 0 aliphatic heterocycles. The van der Waals surface area contributed by atoms with Crippen molar-refractivity contribution in [1.29, 1.82) is 0 Å². The van der Waals surface area contributed by atoms with Crippen LogP contribution in [-0.2, 0) is 0 Å². The van der Waals surface area contributed by atoms with Crippen LogP contribution in [0.15, 0.2) is 36.4 Å². The molecule has 102 valence electrons. The van der Waals surface area contributed by atoms with E-state index < -0.39 is 0 Å². The molecule has 1 nitrogen and oxygen atoms in total. The van der Waals surface area contributed by atoms with E-state index in [0.29, 0.717) is 5.92 Å². The molecule has 0 saturated heterocycles. The Balaban J connectivity index is 2.33. The molecule has 0 fully saturated rings. The number of hydrogen-bond donors (Lipinski definition) is 1. The van der Waals surface area contributed by atoms with Gasteiger partial charge in [-0.1, -0.05) is 37.6 Å². The molecule has 20 heavy (non-hydrogen) atoms. The topological polar surface area (TPSA) is 15.8 Å². The summed E-state index contributed by atoms with van der Waals surface area (Å²) in [6, 6.07) is 11.1. The molecule has 0 unspecified atom stereocenters. The summed E-state index contributed by atoms with van der Waals surface area (Å²) in [5, 5.41) is 2.65. The number of aromatic nitrogens is 1. The van der Waals surface area contributed by atoms with Crippen LogP contribution in [0.4, 0.5) is 0 Å². The van der Waals surface area contributed by atoms with Crippen LogP contribution in [0.1, 0.15) is 30.5 Å². The highest BCUT2D eigenvalue weighted by Crippen LogP contribution is 2.30. The number of nitrogens with one attached hydrogen (secondary N) is 1. The van der Waals surface area contributed by atoms with E-state index in [9.17, 15) is 0 Å².